The lowest BCUT2D eigenvalue weighted by molar-refractivity contribution is -0.136. The predicted octanol–water partition coefficient (Wildman–Crippen LogP) is 2.50. The molecule has 1 heterocycles. The molecule has 0 aliphatic heterocycles. The SMILES string of the molecule is C=C/C=C(\C=C(/C)F)Cn1cncc1CC(=O)O. The molecule has 0 atom stereocenters. The molecule has 0 fully saturated rings. The van der Waals surface area contributed by atoms with Gasteiger partial charge in [-0.2, -0.15) is 0 Å². The molecule has 1 N–H and O–H groups in total. The lowest BCUT2D eigenvalue weighted by Gasteiger charge is -2.07. The number of imidazole rings is 1. The van der Waals surface area contributed by atoms with E-state index in [4.69, 9.17) is 5.11 Å². The van der Waals surface area contributed by atoms with Gasteiger partial charge >= 0.3 is 5.97 Å². The number of aliphatic carboxylic acids is 1. The van der Waals surface area contributed by atoms with Crippen LogP contribution in [0.15, 0.2) is 48.7 Å². The molecule has 1 rings (SSSR count). The molecule has 0 aromatic carbocycles. The summed E-state index contributed by atoms with van der Waals surface area (Å²) in [4.78, 5) is 14.6. The Labute approximate surface area is 105 Å². The van der Waals surface area contributed by atoms with Crippen molar-refractivity contribution < 1.29 is 14.3 Å². The number of allylic oxidation sites excluding steroid dienone is 5. The van der Waals surface area contributed by atoms with Crippen LogP contribution in [-0.4, -0.2) is 20.6 Å². The van der Waals surface area contributed by atoms with Gasteiger partial charge in [0, 0.05) is 18.4 Å². The van der Waals surface area contributed by atoms with Crippen LogP contribution in [0.1, 0.15) is 12.6 Å². The topological polar surface area (TPSA) is 55.1 Å². The van der Waals surface area contributed by atoms with Gasteiger partial charge < -0.3 is 9.67 Å². The molecule has 0 amide bonds. The van der Waals surface area contributed by atoms with Crippen LogP contribution in [0.25, 0.3) is 0 Å². The summed E-state index contributed by atoms with van der Waals surface area (Å²) in [6, 6.07) is 0. The van der Waals surface area contributed by atoms with Gasteiger partial charge in [-0.05, 0) is 18.6 Å². The van der Waals surface area contributed by atoms with Gasteiger partial charge in [0.1, 0.15) is 0 Å². The molecule has 1 aromatic heterocycles. The highest BCUT2D eigenvalue weighted by Crippen LogP contribution is 2.10. The van der Waals surface area contributed by atoms with Crippen molar-refractivity contribution in [2.75, 3.05) is 0 Å². The van der Waals surface area contributed by atoms with E-state index < -0.39 is 5.97 Å². The summed E-state index contributed by atoms with van der Waals surface area (Å²) in [6.45, 7) is 5.27. The molecule has 5 heteroatoms. The van der Waals surface area contributed by atoms with Gasteiger partial charge in [0.05, 0.1) is 18.6 Å². The lowest BCUT2D eigenvalue weighted by Crippen LogP contribution is -2.08. The zero-order chi connectivity index (χ0) is 13.5. The maximum Gasteiger partial charge on any atom is 0.309 e. The summed E-state index contributed by atoms with van der Waals surface area (Å²) in [5, 5.41) is 8.75. The first-order chi connectivity index (χ1) is 8.52. The zero-order valence-electron chi connectivity index (χ0n) is 10.1. The lowest BCUT2D eigenvalue weighted by atomic mass is 10.2. The number of carboxylic acids is 1. The summed E-state index contributed by atoms with van der Waals surface area (Å²) < 4.78 is 14.6. The number of hydrogen-bond donors (Lipinski definition) is 1. The van der Waals surface area contributed by atoms with Crippen molar-refractivity contribution in [1.29, 1.82) is 0 Å². The smallest absolute Gasteiger partial charge is 0.309 e. The van der Waals surface area contributed by atoms with Crippen LogP contribution in [0.2, 0.25) is 0 Å². The Morgan fingerprint density at radius 2 is 2.39 bits per heavy atom. The summed E-state index contributed by atoms with van der Waals surface area (Å²) in [7, 11) is 0. The van der Waals surface area contributed by atoms with E-state index in [1.54, 1.807) is 16.7 Å². The van der Waals surface area contributed by atoms with Crippen molar-refractivity contribution in [3.63, 3.8) is 0 Å². The molecule has 1 aromatic rings. The number of hydrogen-bond acceptors (Lipinski definition) is 2. The van der Waals surface area contributed by atoms with Crippen LogP contribution in [0.5, 0.6) is 0 Å². The average molecular weight is 250 g/mol. The molecule has 0 radical (unpaired) electrons. The van der Waals surface area contributed by atoms with E-state index in [0.29, 0.717) is 17.8 Å². The fourth-order valence-corrected chi connectivity index (χ4v) is 1.54. The average Bonchev–Trinajstić information content (AvgIpc) is 2.64. The molecule has 0 aliphatic rings. The standard InChI is InChI=1S/C13H15FN2O2/c1-3-4-11(5-10(2)14)8-16-9-15-7-12(16)6-13(17)18/h3-5,7,9H,1,6,8H2,2H3,(H,17,18)/b10-5+,11-4+. The van der Waals surface area contributed by atoms with Crippen molar-refractivity contribution >= 4 is 5.97 Å². The molecule has 0 saturated carbocycles. The first-order valence-corrected chi connectivity index (χ1v) is 5.39. The van der Waals surface area contributed by atoms with E-state index >= 15 is 0 Å². The Morgan fingerprint density at radius 1 is 1.67 bits per heavy atom. The first kappa shape index (κ1) is 13.9. The van der Waals surface area contributed by atoms with E-state index in [0.717, 1.165) is 0 Å². The third-order valence-corrected chi connectivity index (χ3v) is 2.20. The van der Waals surface area contributed by atoms with Crippen LogP contribution in [0.4, 0.5) is 4.39 Å². The monoisotopic (exact) mass is 250 g/mol. The third kappa shape index (κ3) is 4.37. The van der Waals surface area contributed by atoms with E-state index in [9.17, 15) is 9.18 Å². The molecule has 18 heavy (non-hydrogen) atoms. The van der Waals surface area contributed by atoms with Crippen molar-refractivity contribution in [2.24, 2.45) is 0 Å². The molecule has 96 valence electrons. The fourth-order valence-electron chi connectivity index (χ4n) is 1.54. The fraction of sp³-hybridized carbons (Fsp3) is 0.231. The summed E-state index contributed by atoms with van der Waals surface area (Å²) in [6.07, 6.45) is 7.52. The van der Waals surface area contributed by atoms with Gasteiger partial charge in [0.25, 0.3) is 0 Å². The molecule has 0 aliphatic carbocycles. The van der Waals surface area contributed by atoms with Crippen LogP contribution in [0.3, 0.4) is 0 Å². The molecular formula is C13H15FN2O2. The highest BCUT2D eigenvalue weighted by Gasteiger charge is 2.07. The quantitative estimate of drug-likeness (QED) is 0.789. The number of rotatable bonds is 6. The van der Waals surface area contributed by atoms with Gasteiger partial charge in [-0.1, -0.05) is 18.7 Å². The Balaban J connectivity index is 2.91. The Morgan fingerprint density at radius 3 is 2.94 bits per heavy atom. The second kappa shape index (κ2) is 6.54. The summed E-state index contributed by atoms with van der Waals surface area (Å²) in [5.41, 5.74) is 1.26. The van der Waals surface area contributed by atoms with E-state index in [1.807, 2.05) is 0 Å². The molecule has 0 saturated heterocycles. The predicted molar refractivity (Wildman–Crippen MR) is 66.7 cm³/mol. The number of carboxylic acid groups (broad SMARTS) is 1. The number of nitrogens with zero attached hydrogens (tertiary/aromatic N) is 2. The highest BCUT2D eigenvalue weighted by atomic mass is 19.1. The normalized spacial score (nSPS) is 12.6. The molecule has 0 bridgehead atoms. The van der Waals surface area contributed by atoms with Crippen molar-refractivity contribution in [3.8, 4) is 0 Å². The second-order valence-electron chi connectivity index (χ2n) is 3.79. The van der Waals surface area contributed by atoms with Crippen LogP contribution >= 0.6 is 0 Å². The molecule has 0 unspecified atom stereocenters. The Bertz CT molecular complexity index is 497. The minimum Gasteiger partial charge on any atom is -0.481 e. The maximum atomic E-state index is 12.9. The molecule has 4 nitrogen and oxygen atoms in total. The minimum atomic E-state index is -0.928. The minimum absolute atomic E-state index is 0.111. The van der Waals surface area contributed by atoms with Crippen molar-refractivity contribution in [2.45, 2.75) is 19.9 Å². The first-order valence-electron chi connectivity index (χ1n) is 5.39. The van der Waals surface area contributed by atoms with Gasteiger partial charge in [0.2, 0.25) is 0 Å². The summed E-state index contributed by atoms with van der Waals surface area (Å²) in [5.74, 6) is -1.24. The Kier molecular flexibility index (Phi) is 5.05. The zero-order valence-corrected chi connectivity index (χ0v) is 10.1. The van der Waals surface area contributed by atoms with Crippen molar-refractivity contribution in [3.05, 3.63) is 54.4 Å². The van der Waals surface area contributed by atoms with Gasteiger partial charge in [-0.3, -0.25) is 4.79 Å². The molecular weight excluding hydrogens is 235 g/mol. The number of halogens is 1. The number of carbonyl (C=O) groups is 1. The van der Waals surface area contributed by atoms with E-state index in [-0.39, 0.29) is 12.2 Å². The van der Waals surface area contributed by atoms with Crippen LogP contribution in [-0.2, 0) is 17.8 Å². The van der Waals surface area contributed by atoms with Crippen LogP contribution in [0, 0.1) is 0 Å². The maximum absolute atomic E-state index is 12.9. The summed E-state index contributed by atoms with van der Waals surface area (Å²) >= 11 is 0. The van der Waals surface area contributed by atoms with Gasteiger partial charge in [0.15, 0.2) is 0 Å². The largest absolute Gasteiger partial charge is 0.481 e. The van der Waals surface area contributed by atoms with Gasteiger partial charge in [-0.25, -0.2) is 9.37 Å². The van der Waals surface area contributed by atoms with E-state index in [1.165, 1.54) is 25.5 Å². The van der Waals surface area contributed by atoms with Crippen molar-refractivity contribution in [1.82, 2.24) is 9.55 Å². The number of aromatic nitrogens is 2. The van der Waals surface area contributed by atoms with Crippen LogP contribution < -0.4 is 0 Å². The second-order valence-corrected chi connectivity index (χ2v) is 3.79. The Hall–Kier alpha value is -2.17. The highest BCUT2D eigenvalue weighted by molar-refractivity contribution is 5.69. The van der Waals surface area contributed by atoms with E-state index in [2.05, 4.69) is 11.6 Å². The third-order valence-electron chi connectivity index (χ3n) is 2.20. The van der Waals surface area contributed by atoms with Gasteiger partial charge in [-0.15, -0.1) is 0 Å². The molecule has 0 spiro atoms.